The second kappa shape index (κ2) is 6.60. The van der Waals surface area contributed by atoms with Gasteiger partial charge in [0, 0.05) is 5.92 Å². The quantitative estimate of drug-likeness (QED) is 0.709. The molecule has 0 amide bonds. The highest BCUT2D eigenvalue weighted by Crippen LogP contribution is 2.28. The lowest BCUT2D eigenvalue weighted by Gasteiger charge is -2.16. The molecule has 0 fully saturated rings. The average Bonchev–Trinajstić information content (AvgIpc) is 2.53. The van der Waals surface area contributed by atoms with E-state index in [1.165, 1.54) is 23.1 Å². The molecule has 20 heavy (non-hydrogen) atoms. The molecule has 1 heteroatoms. The van der Waals surface area contributed by atoms with Crippen LogP contribution < -0.4 is 4.74 Å². The summed E-state index contributed by atoms with van der Waals surface area (Å²) in [5, 5.41) is 0. The van der Waals surface area contributed by atoms with E-state index >= 15 is 0 Å². The lowest BCUT2D eigenvalue weighted by molar-refractivity contribution is 0.414. The molecule has 1 nitrogen and oxygen atoms in total. The maximum Gasteiger partial charge on any atom is 0.118 e. The predicted octanol–water partition coefficient (Wildman–Crippen LogP) is 5.36. The first kappa shape index (κ1) is 14.6. The molecule has 2 aromatic carbocycles. The molecule has 2 aromatic rings. The minimum atomic E-state index is 0.407. The second-order valence-corrected chi connectivity index (χ2v) is 5.47. The SMILES string of the molecule is CC[C@@H](C)c1cccc([C@H](C)c2ccc(OC)cc2)c1. The van der Waals surface area contributed by atoms with Crippen LogP contribution in [0.4, 0.5) is 0 Å². The lowest BCUT2D eigenvalue weighted by atomic mass is 9.89. The first-order valence-electron chi connectivity index (χ1n) is 7.39. The van der Waals surface area contributed by atoms with Crippen LogP contribution in [0.15, 0.2) is 48.5 Å². The summed E-state index contributed by atoms with van der Waals surface area (Å²) in [6.07, 6.45) is 1.18. The van der Waals surface area contributed by atoms with E-state index in [1.807, 2.05) is 12.1 Å². The van der Waals surface area contributed by atoms with Crippen molar-refractivity contribution in [3.8, 4) is 5.75 Å². The maximum atomic E-state index is 5.22. The van der Waals surface area contributed by atoms with Crippen molar-refractivity contribution in [3.63, 3.8) is 0 Å². The summed E-state index contributed by atoms with van der Waals surface area (Å²) < 4.78 is 5.22. The predicted molar refractivity (Wildman–Crippen MR) is 85.7 cm³/mol. The van der Waals surface area contributed by atoms with Gasteiger partial charge in [-0.1, -0.05) is 57.2 Å². The fraction of sp³-hybridized carbons (Fsp3) is 0.368. The molecule has 2 rings (SSSR count). The molecule has 0 aliphatic heterocycles. The summed E-state index contributed by atoms with van der Waals surface area (Å²) in [7, 11) is 1.70. The number of rotatable bonds is 5. The molecule has 0 bridgehead atoms. The van der Waals surface area contributed by atoms with Crippen LogP contribution in [0.3, 0.4) is 0 Å². The van der Waals surface area contributed by atoms with Gasteiger partial charge in [-0.3, -0.25) is 0 Å². The number of hydrogen-bond donors (Lipinski definition) is 0. The standard InChI is InChI=1S/C19H24O/c1-5-14(2)17-7-6-8-18(13-17)15(3)16-9-11-19(20-4)12-10-16/h6-15H,5H2,1-4H3/t14-,15-/m1/s1. The van der Waals surface area contributed by atoms with E-state index in [0.717, 1.165) is 5.75 Å². The minimum Gasteiger partial charge on any atom is -0.497 e. The zero-order valence-electron chi connectivity index (χ0n) is 12.9. The molecule has 0 aliphatic rings. The summed E-state index contributed by atoms with van der Waals surface area (Å²) >= 11 is 0. The zero-order chi connectivity index (χ0) is 14.5. The van der Waals surface area contributed by atoms with Crippen molar-refractivity contribution in [3.05, 3.63) is 65.2 Å². The summed E-state index contributed by atoms with van der Waals surface area (Å²) in [5.74, 6) is 1.94. The van der Waals surface area contributed by atoms with Crippen molar-refractivity contribution in [1.29, 1.82) is 0 Å². The number of methoxy groups -OCH3 is 1. The molecule has 2 atom stereocenters. The third-order valence-corrected chi connectivity index (χ3v) is 4.21. The maximum absolute atomic E-state index is 5.22. The van der Waals surface area contributed by atoms with Crippen LogP contribution in [0, 0.1) is 0 Å². The van der Waals surface area contributed by atoms with Gasteiger partial charge in [-0.25, -0.2) is 0 Å². The van der Waals surface area contributed by atoms with Crippen LogP contribution in [0.1, 0.15) is 55.7 Å². The van der Waals surface area contributed by atoms with E-state index in [1.54, 1.807) is 7.11 Å². The number of ether oxygens (including phenoxy) is 1. The van der Waals surface area contributed by atoms with E-state index in [-0.39, 0.29) is 0 Å². The van der Waals surface area contributed by atoms with Gasteiger partial charge in [-0.15, -0.1) is 0 Å². The van der Waals surface area contributed by atoms with Gasteiger partial charge in [-0.2, -0.15) is 0 Å². The Bertz CT molecular complexity index is 542. The van der Waals surface area contributed by atoms with Gasteiger partial charge >= 0.3 is 0 Å². The Hall–Kier alpha value is -1.76. The molecule has 0 saturated carbocycles. The first-order chi connectivity index (χ1) is 9.65. The molecule has 0 saturated heterocycles. The molecule has 0 spiro atoms. The van der Waals surface area contributed by atoms with Crippen molar-refractivity contribution < 1.29 is 4.74 Å². The molecular formula is C19H24O. The molecule has 0 heterocycles. The Kier molecular flexibility index (Phi) is 4.84. The van der Waals surface area contributed by atoms with E-state index < -0.39 is 0 Å². The summed E-state index contributed by atoms with van der Waals surface area (Å²) in [5.41, 5.74) is 4.14. The molecular weight excluding hydrogens is 244 g/mol. The highest BCUT2D eigenvalue weighted by atomic mass is 16.5. The van der Waals surface area contributed by atoms with Gasteiger partial charge in [0.25, 0.3) is 0 Å². The Morgan fingerprint density at radius 2 is 1.55 bits per heavy atom. The Morgan fingerprint density at radius 3 is 2.15 bits per heavy atom. The zero-order valence-corrected chi connectivity index (χ0v) is 12.9. The number of hydrogen-bond acceptors (Lipinski definition) is 1. The van der Waals surface area contributed by atoms with Crippen LogP contribution in [-0.4, -0.2) is 7.11 Å². The first-order valence-corrected chi connectivity index (χ1v) is 7.39. The molecule has 0 radical (unpaired) electrons. The van der Waals surface area contributed by atoms with Crippen molar-refractivity contribution in [2.24, 2.45) is 0 Å². The fourth-order valence-electron chi connectivity index (χ4n) is 2.46. The molecule has 106 valence electrons. The molecule has 0 aromatic heterocycles. The van der Waals surface area contributed by atoms with Crippen LogP contribution >= 0.6 is 0 Å². The summed E-state index contributed by atoms with van der Waals surface area (Å²) in [4.78, 5) is 0. The highest BCUT2D eigenvalue weighted by molar-refractivity contribution is 5.37. The Morgan fingerprint density at radius 1 is 0.900 bits per heavy atom. The minimum absolute atomic E-state index is 0.407. The van der Waals surface area contributed by atoms with Crippen LogP contribution in [0.5, 0.6) is 5.75 Å². The van der Waals surface area contributed by atoms with Crippen LogP contribution in [0.25, 0.3) is 0 Å². The summed E-state index contributed by atoms with van der Waals surface area (Å²) in [6.45, 7) is 6.79. The fourth-order valence-corrected chi connectivity index (χ4v) is 2.46. The smallest absolute Gasteiger partial charge is 0.118 e. The third-order valence-electron chi connectivity index (χ3n) is 4.21. The summed E-state index contributed by atoms with van der Waals surface area (Å²) in [6, 6.07) is 17.4. The van der Waals surface area contributed by atoms with Gasteiger partial charge in [0.15, 0.2) is 0 Å². The van der Waals surface area contributed by atoms with Gasteiger partial charge in [-0.05, 0) is 41.2 Å². The number of benzene rings is 2. The van der Waals surface area contributed by atoms with Gasteiger partial charge in [0.05, 0.1) is 7.11 Å². The molecule has 0 unspecified atom stereocenters. The Labute approximate surface area is 122 Å². The van der Waals surface area contributed by atoms with Crippen molar-refractivity contribution in [2.45, 2.75) is 39.0 Å². The second-order valence-electron chi connectivity index (χ2n) is 5.47. The van der Waals surface area contributed by atoms with Crippen LogP contribution in [-0.2, 0) is 0 Å². The largest absolute Gasteiger partial charge is 0.497 e. The van der Waals surface area contributed by atoms with E-state index in [2.05, 4.69) is 57.2 Å². The van der Waals surface area contributed by atoms with Gasteiger partial charge < -0.3 is 4.74 Å². The van der Waals surface area contributed by atoms with E-state index in [0.29, 0.717) is 11.8 Å². The van der Waals surface area contributed by atoms with Crippen molar-refractivity contribution in [2.75, 3.05) is 7.11 Å². The van der Waals surface area contributed by atoms with Gasteiger partial charge in [0.1, 0.15) is 5.75 Å². The van der Waals surface area contributed by atoms with Crippen molar-refractivity contribution in [1.82, 2.24) is 0 Å². The topological polar surface area (TPSA) is 9.23 Å². The van der Waals surface area contributed by atoms with Crippen LogP contribution in [0.2, 0.25) is 0 Å². The third kappa shape index (κ3) is 3.22. The highest BCUT2D eigenvalue weighted by Gasteiger charge is 2.10. The molecule has 0 N–H and O–H groups in total. The van der Waals surface area contributed by atoms with Gasteiger partial charge in [0.2, 0.25) is 0 Å². The monoisotopic (exact) mass is 268 g/mol. The Balaban J connectivity index is 2.25. The lowest BCUT2D eigenvalue weighted by Crippen LogP contribution is -1.99. The average molecular weight is 268 g/mol. The van der Waals surface area contributed by atoms with Crippen molar-refractivity contribution >= 4 is 0 Å². The van der Waals surface area contributed by atoms with E-state index in [9.17, 15) is 0 Å². The van der Waals surface area contributed by atoms with E-state index in [4.69, 9.17) is 4.74 Å². The normalized spacial score (nSPS) is 13.8. The molecule has 0 aliphatic carbocycles.